The minimum atomic E-state index is 0.122. The van der Waals surface area contributed by atoms with E-state index in [0.717, 1.165) is 17.0 Å². The van der Waals surface area contributed by atoms with Gasteiger partial charge in [0.1, 0.15) is 0 Å². The molecule has 2 unspecified atom stereocenters. The zero-order chi connectivity index (χ0) is 11.3. The van der Waals surface area contributed by atoms with Gasteiger partial charge in [-0.2, -0.15) is 0 Å². The zero-order valence-electron chi connectivity index (χ0n) is 9.11. The Morgan fingerprint density at radius 3 is 2.40 bits per heavy atom. The van der Waals surface area contributed by atoms with Crippen LogP contribution in [0.2, 0.25) is 5.02 Å². The van der Waals surface area contributed by atoms with Crippen LogP contribution >= 0.6 is 11.6 Å². The van der Waals surface area contributed by atoms with Crippen LogP contribution in [0, 0.1) is 0 Å². The predicted molar refractivity (Wildman–Crippen MR) is 62.4 cm³/mol. The number of aliphatic hydroxyl groups is 1. The van der Waals surface area contributed by atoms with Crippen molar-refractivity contribution in [1.29, 1.82) is 0 Å². The molecule has 2 atom stereocenters. The lowest BCUT2D eigenvalue weighted by molar-refractivity contribution is 0.0950. The van der Waals surface area contributed by atoms with Crippen molar-refractivity contribution in [2.45, 2.75) is 25.4 Å². The fraction of sp³-hybridized carbons (Fsp3) is 0.500. The second kappa shape index (κ2) is 6.11. The lowest BCUT2D eigenvalue weighted by Gasteiger charge is -2.18. The molecule has 0 aliphatic rings. The maximum atomic E-state index is 9.30. The summed E-state index contributed by atoms with van der Waals surface area (Å²) < 4.78 is 5.19. The third-order valence-corrected chi connectivity index (χ3v) is 2.83. The molecule has 0 saturated carbocycles. The molecule has 0 heterocycles. The Morgan fingerprint density at radius 2 is 1.93 bits per heavy atom. The number of hydrogen-bond acceptors (Lipinski definition) is 2. The van der Waals surface area contributed by atoms with Gasteiger partial charge in [0.25, 0.3) is 0 Å². The summed E-state index contributed by atoms with van der Waals surface area (Å²) in [6.45, 7) is 2.13. The van der Waals surface area contributed by atoms with Crippen LogP contribution in [0.25, 0.3) is 0 Å². The topological polar surface area (TPSA) is 29.5 Å². The molecule has 2 nitrogen and oxygen atoms in total. The van der Waals surface area contributed by atoms with E-state index < -0.39 is 0 Å². The van der Waals surface area contributed by atoms with Gasteiger partial charge in [-0.15, -0.1) is 0 Å². The van der Waals surface area contributed by atoms with Gasteiger partial charge >= 0.3 is 0 Å². The van der Waals surface area contributed by atoms with Gasteiger partial charge in [0.2, 0.25) is 0 Å². The standard InChI is InChI=1S/C12H17ClO2/c1-9(15-2)7-11(8-14)10-3-5-12(13)6-4-10/h3-6,9,11,14H,7-8H2,1-2H3. The third-order valence-electron chi connectivity index (χ3n) is 2.58. The van der Waals surface area contributed by atoms with E-state index >= 15 is 0 Å². The van der Waals surface area contributed by atoms with Crippen molar-refractivity contribution in [2.75, 3.05) is 13.7 Å². The lowest BCUT2D eigenvalue weighted by Crippen LogP contribution is -2.14. The van der Waals surface area contributed by atoms with E-state index in [-0.39, 0.29) is 18.6 Å². The third kappa shape index (κ3) is 3.82. The van der Waals surface area contributed by atoms with Crippen molar-refractivity contribution in [2.24, 2.45) is 0 Å². The Labute approximate surface area is 95.8 Å². The minimum absolute atomic E-state index is 0.122. The van der Waals surface area contributed by atoms with E-state index in [1.807, 2.05) is 31.2 Å². The summed E-state index contributed by atoms with van der Waals surface area (Å²) >= 11 is 5.81. The highest BCUT2D eigenvalue weighted by atomic mass is 35.5. The van der Waals surface area contributed by atoms with Crippen LogP contribution < -0.4 is 0 Å². The second-order valence-corrected chi connectivity index (χ2v) is 4.15. The Bertz CT molecular complexity index is 284. The molecular weight excluding hydrogens is 212 g/mol. The number of aliphatic hydroxyl groups excluding tert-OH is 1. The summed E-state index contributed by atoms with van der Waals surface area (Å²) in [5.41, 5.74) is 1.10. The number of halogens is 1. The predicted octanol–water partition coefficient (Wildman–Crippen LogP) is 2.84. The summed E-state index contributed by atoms with van der Waals surface area (Å²) in [5, 5.41) is 10.0. The van der Waals surface area contributed by atoms with Crippen LogP contribution in [-0.4, -0.2) is 24.9 Å². The zero-order valence-corrected chi connectivity index (χ0v) is 9.87. The molecule has 1 aromatic carbocycles. The normalized spacial score (nSPS) is 14.9. The van der Waals surface area contributed by atoms with Crippen molar-refractivity contribution in [3.8, 4) is 0 Å². The molecule has 0 fully saturated rings. The van der Waals surface area contributed by atoms with Gasteiger partial charge in [-0.25, -0.2) is 0 Å². The molecule has 3 heteroatoms. The number of benzene rings is 1. The van der Waals surface area contributed by atoms with Gasteiger partial charge in [0.05, 0.1) is 12.7 Å². The first-order valence-electron chi connectivity index (χ1n) is 5.06. The Kier molecular flexibility index (Phi) is 5.09. The van der Waals surface area contributed by atoms with Crippen LogP contribution in [0.3, 0.4) is 0 Å². The summed E-state index contributed by atoms with van der Waals surface area (Å²) in [6, 6.07) is 7.59. The number of rotatable bonds is 5. The second-order valence-electron chi connectivity index (χ2n) is 3.71. The Hall–Kier alpha value is -0.570. The van der Waals surface area contributed by atoms with Gasteiger partial charge in [-0.3, -0.25) is 0 Å². The van der Waals surface area contributed by atoms with Crippen molar-refractivity contribution in [3.05, 3.63) is 34.9 Å². The first kappa shape index (κ1) is 12.5. The average molecular weight is 229 g/mol. The van der Waals surface area contributed by atoms with E-state index in [0.29, 0.717) is 0 Å². The fourth-order valence-electron chi connectivity index (χ4n) is 1.55. The first-order chi connectivity index (χ1) is 7.17. The van der Waals surface area contributed by atoms with Gasteiger partial charge in [-0.05, 0) is 31.0 Å². The molecule has 1 aromatic rings. The molecule has 0 radical (unpaired) electrons. The van der Waals surface area contributed by atoms with Crippen molar-refractivity contribution >= 4 is 11.6 Å². The van der Waals surface area contributed by atoms with Crippen LogP contribution in [-0.2, 0) is 4.74 Å². The molecular formula is C12H17ClO2. The van der Waals surface area contributed by atoms with Crippen LogP contribution in [0.1, 0.15) is 24.8 Å². The smallest absolute Gasteiger partial charge is 0.0549 e. The van der Waals surface area contributed by atoms with Crippen molar-refractivity contribution < 1.29 is 9.84 Å². The van der Waals surface area contributed by atoms with Crippen molar-refractivity contribution in [1.82, 2.24) is 0 Å². The molecule has 0 aliphatic heterocycles. The lowest BCUT2D eigenvalue weighted by atomic mass is 9.94. The molecule has 0 aromatic heterocycles. The minimum Gasteiger partial charge on any atom is -0.396 e. The maximum Gasteiger partial charge on any atom is 0.0549 e. The molecule has 0 bridgehead atoms. The fourth-order valence-corrected chi connectivity index (χ4v) is 1.67. The molecule has 15 heavy (non-hydrogen) atoms. The SMILES string of the molecule is COC(C)CC(CO)c1ccc(Cl)cc1. The highest BCUT2D eigenvalue weighted by Gasteiger charge is 2.13. The molecule has 1 rings (SSSR count). The summed E-state index contributed by atoms with van der Waals surface area (Å²) in [5.74, 6) is 0.122. The van der Waals surface area contributed by atoms with E-state index in [4.69, 9.17) is 16.3 Å². The van der Waals surface area contributed by atoms with E-state index in [2.05, 4.69) is 0 Å². The first-order valence-corrected chi connectivity index (χ1v) is 5.44. The van der Waals surface area contributed by atoms with E-state index in [1.165, 1.54) is 0 Å². The average Bonchev–Trinajstić information content (AvgIpc) is 2.27. The van der Waals surface area contributed by atoms with E-state index in [9.17, 15) is 5.11 Å². The molecule has 0 aliphatic carbocycles. The van der Waals surface area contributed by atoms with Gasteiger partial charge in [-0.1, -0.05) is 23.7 Å². The van der Waals surface area contributed by atoms with Crippen molar-refractivity contribution in [3.63, 3.8) is 0 Å². The van der Waals surface area contributed by atoms with Crippen LogP contribution in [0.4, 0.5) is 0 Å². The molecule has 0 saturated heterocycles. The highest BCUT2D eigenvalue weighted by Crippen LogP contribution is 2.23. The van der Waals surface area contributed by atoms with Gasteiger partial charge in [0, 0.05) is 18.1 Å². The molecule has 1 N–H and O–H groups in total. The largest absolute Gasteiger partial charge is 0.396 e. The van der Waals surface area contributed by atoms with Gasteiger partial charge < -0.3 is 9.84 Å². The molecule has 0 spiro atoms. The van der Waals surface area contributed by atoms with Gasteiger partial charge in [0.15, 0.2) is 0 Å². The number of ether oxygens (including phenoxy) is 1. The van der Waals surface area contributed by atoms with E-state index in [1.54, 1.807) is 7.11 Å². The molecule has 0 amide bonds. The highest BCUT2D eigenvalue weighted by molar-refractivity contribution is 6.30. The summed E-state index contributed by atoms with van der Waals surface area (Å²) in [4.78, 5) is 0. The Morgan fingerprint density at radius 1 is 1.33 bits per heavy atom. The summed E-state index contributed by atoms with van der Waals surface area (Å²) in [7, 11) is 1.68. The Balaban J connectivity index is 2.69. The quantitative estimate of drug-likeness (QED) is 0.840. The summed E-state index contributed by atoms with van der Waals surface area (Å²) in [6.07, 6.45) is 0.965. The monoisotopic (exact) mass is 228 g/mol. The van der Waals surface area contributed by atoms with Crippen LogP contribution in [0.15, 0.2) is 24.3 Å². The number of hydrogen-bond donors (Lipinski definition) is 1. The molecule has 84 valence electrons. The number of methoxy groups -OCH3 is 1. The maximum absolute atomic E-state index is 9.30. The van der Waals surface area contributed by atoms with Crippen LogP contribution in [0.5, 0.6) is 0 Å².